The quantitative estimate of drug-likeness (QED) is 0.290. The highest BCUT2D eigenvalue weighted by Gasteiger charge is 2.15. The van der Waals surface area contributed by atoms with Gasteiger partial charge in [0, 0.05) is 22.0 Å². The van der Waals surface area contributed by atoms with E-state index in [1.54, 1.807) is 11.3 Å². The Hall–Kier alpha value is -2.88. The zero-order valence-electron chi connectivity index (χ0n) is 14.1. The number of hydrogen-bond acceptors (Lipinski definition) is 3. The van der Waals surface area contributed by atoms with Crippen molar-refractivity contribution in [3.05, 3.63) is 77.8 Å². The van der Waals surface area contributed by atoms with Crippen LogP contribution in [0.4, 0.5) is 0 Å². The van der Waals surface area contributed by atoms with E-state index in [-0.39, 0.29) is 0 Å². The molecule has 27 heavy (non-hydrogen) atoms. The van der Waals surface area contributed by atoms with Crippen molar-refractivity contribution in [2.45, 2.75) is 0 Å². The number of rotatable bonds is 1. The second-order valence-corrected chi connectivity index (χ2v) is 8.08. The molecule has 2 nitrogen and oxygen atoms in total. The number of benzene rings is 4. The smallest absolute Gasteiger partial charge is 0.137 e. The van der Waals surface area contributed by atoms with Crippen LogP contribution in [-0.2, 0) is 0 Å². The van der Waals surface area contributed by atoms with Gasteiger partial charge < -0.3 is 4.42 Å². The summed E-state index contributed by atoms with van der Waals surface area (Å²) >= 11 is 7.83. The maximum Gasteiger partial charge on any atom is 0.137 e. The Bertz CT molecular complexity index is 1490. The summed E-state index contributed by atoms with van der Waals surface area (Å²) in [6.07, 6.45) is 0. The fourth-order valence-electron chi connectivity index (χ4n) is 3.67. The average molecular weight is 386 g/mol. The third-order valence-corrected chi connectivity index (χ3v) is 6.26. The molecule has 0 radical (unpaired) electrons. The first-order valence-corrected chi connectivity index (χ1v) is 9.86. The number of halogens is 1. The fourth-order valence-corrected chi connectivity index (χ4v) is 4.80. The largest absolute Gasteiger partial charge is 0.456 e. The fraction of sp³-hybridized carbons (Fsp3) is 0. The third kappa shape index (κ3) is 2.29. The van der Waals surface area contributed by atoms with Crippen molar-refractivity contribution in [1.82, 2.24) is 4.98 Å². The number of thiazole rings is 1. The monoisotopic (exact) mass is 385 g/mol. The summed E-state index contributed by atoms with van der Waals surface area (Å²) in [5.74, 6) is 0. The summed E-state index contributed by atoms with van der Waals surface area (Å²) in [6.45, 7) is 0. The molecule has 0 aliphatic rings. The predicted molar refractivity (Wildman–Crippen MR) is 115 cm³/mol. The topological polar surface area (TPSA) is 26.0 Å². The number of aromatic nitrogens is 1. The average Bonchev–Trinajstić information content (AvgIpc) is 3.27. The molecule has 0 bridgehead atoms. The van der Waals surface area contributed by atoms with E-state index in [2.05, 4.69) is 48.5 Å². The molecule has 4 aromatic carbocycles. The molecule has 0 unspecified atom stereocenters. The third-order valence-electron chi connectivity index (χ3n) is 4.95. The van der Waals surface area contributed by atoms with Crippen LogP contribution in [-0.4, -0.2) is 4.98 Å². The van der Waals surface area contributed by atoms with E-state index in [1.807, 2.05) is 24.3 Å². The van der Waals surface area contributed by atoms with Gasteiger partial charge in [-0.15, -0.1) is 11.3 Å². The SMILES string of the molecule is Clc1ccc2c(c1)oc1ccc3sc(-c4ccc5ccccc5c4)nc3c12. The first-order chi connectivity index (χ1) is 13.3. The minimum Gasteiger partial charge on any atom is -0.456 e. The van der Waals surface area contributed by atoms with Crippen LogP contribution in [0.1, 0.15) is 0 Å². The molecular weight excluding hydrogens is 374 g/mol. The van der Waals surface area contributed by atoms with Crippen LogP contribution in [0.5, 0.6) is 0 Å². The van der Waals surface area contributed by atoms with Crippen molar-refractivity contribution in [2.75, 3.05) is 0 Å². The van der Waals surface area contributed by atoms with Gasteiger partial charge in [-0.3, -0.25) is 0 Å². The molecule has 0 fully saturated rings. The van der Waals surface area contributed by atoms with Gasteiger partial charge in [0.05, 0.1) is 15.6 Å². The van der Waals surface area contributed by atoms with Crippen LogP contribution < -0.4 is 0 Å². The normalized spacial score (nSPS) is 11.9. The minimum atomic E-state index is 0.674. The molecule has 0 spiro atoms. The first-order valence-electron chi connectivity index (χ1n) is 8.67. The lowest BCUT2D eigenvalue weighted by atomic mass is 10.1. The van der Waals surface area contributed by atoms with Gasteiger partial charge in [-0.25, -0.2) is 4.98 Å². The van der Waals surface area contributed by atoms with Gasteiger partial charge in [0.2, 0.25) is 0 Å². The van der Waals surface area contributed by atoms with E-state index in [4.69, 9.17) is 21.0 Å². The van der Waals surface area contributed by atoms with Crippen LogP contribution in [0.2, 0.25) is 5.02 Å². The Morgan fingerprint density at radius 1 is 0.815 bits per heavy atom. The van der Waals surface area contributed by atoms with Crippen molar-refractivity contribution >= 4 is 65.9 Å². The van der Waals surface area contributed by atoms with Crippen LogP contribution in [0, 0.1) is 0 Å². The summed E-state index contributed by atoms with van der Waals surface area (Å²) in [7, 11) is 0. The highest BCUT2D eigenvalue weighted by atomic mass is 35.5. The van der Waals surface area contributed by atoms with E-state index < -0.39 is 0 Å². The number of hydrogen-bond donors (Lipinski definition) is 0. The minimum absolute atomic E-state index is 0.674. The van der Waals surface area contributed by atoms with Gasteiger partial charge in [0.15, 0.2) is 0 Å². The van der Waals surface area contributed by atoms with Gasteiger partial charge in [0.1, 0.15) is 16.2 Å². The molecule has 0 atom stereocenters. The highest BCUT2D eigenvalue weighted by Crippen LogP contribution is 2.39. The van der Waals surface area contributed by atoms with Crippen LogP contribution in [0.3, 0.4) is 0 Å². The van der Waals surface area contributed by atoms with Crippen molar-refractivity contribution in [2.24, 2.45) is 0 Å². The van der Waals surface area contributed by atoms with Gasteiger partial charge in [-0.05, 0) is 41.1 Å². The van der Waals surface area contributed by atoms with Crippen molar-refractivity contribution < 1.29 is 4.42 Å². The second kappa shape index (κ2) is 5.56. The van der Waals surface area contributed by atoms with Gasteiger partial charge in [-0.2, -0.15) is 0 Å². The maximum atomic E-state index is 6.12. The molecular formula is C23H12ClNOS. The van der Waals surface area contributed by atoms with E-state index in [9.17, 15) is 0 Å². The molecule has 0 amide bonds. The van der Waals surface area contributed by atoms with Gasteiger partial charge >= 0.3 is 0 Å². The molecule has 2 aromatic heterocycles. The van der Waals surface area contributed by atoms with Crippen molar-refractivity contribution in [3.8, 4) is 10.6 Å². The number of nitrogens with zero attached hydrogens (tertiary/aromatic N) is 1. The maximum absolute atomic E-state index is 6.12. The van der Waals surface area contributed by atoms with E-state index in [1.165, 1.54) is 10.8 Å². The van der Waals surface area contributed by atoms with Crippen LogP contribution in [0.15, 0.2) is 77.2 Å². The molecule has 128 valence electrons. The molecule has 2 heterocycles. The Balaban J connectivity index is 1.64. The Morgan fingerprint density at radius 3 is 2.63 bits per heavy atom. The Morgan fingerprint density at radius 2 is 1.70 bits per heavy atom. The predicted octanol–water partition coefficient (Wildman–Crippen LogP) is 7.67. The molecule has 0 N–H and O–H groups in total. The van der Waals surface area contributed by atoms with E-state index in [0.29, 0.717) is 5.02 Å². The molecule has 4 heteroatoms. The van der Waals surface area contributed by atoms with Crippen LogP contribution >= 0.6 is 22.9 Å². The Labute approximate surface area is 163 Å². The lowest BCUT2D eigenvalue weighted by molar-refractivity contribution is 0.669. The van der Waals surface area contributed by atoms with Crippen LogP contribution in [0.25, 0.3) is 53.5 Å². The molecule has 6 aromatic rings. The molecule has 6 rings (SSSR count). The Kier molecular flexibility index (Phi) is 3.13. The van der Waals surface area contributed by atoms with E-state index >= 15 is 0 Å². The van der Waals surface area contributed by atoms with Gasteiger partial charge in [-0.1, -0.05) is 48.0 Å². The zero-order chi connectivity index (χ0) is 18.0. The summed E-state index contributed by atoms with van der Waals surface area (Å²) < 4.78 is 7.15. The van der Waals surface area contributed by atoms with Crippen molar-refractivity contribution in [3.63, 3.8) is 0 Å². The number of furan rings is 1. The lowest BCUT2D eigenvalue weighted by Crippen LogP contribution is -1.78. The highest BCUT2D eigenvalue weighted by molar-refractivity contribution is 7.21. The zero-order valence-corrected chi connectivity index (χ0v) is 15.6. The molecule has 0 aliphatic heterocycles. The standard InChI is InChI=1S/C23H12ClNOS/c24-16-7-8-17-19(12-16)26-18-9-10-20-22(21(17)18)25-23(27-20)15-6-5-13-3-1-2-4-14(13)11-15/h1-12H. The molecule has 0 saturated carbocycles. The summed E-state index contributed by atoms with van der Waals surface area (Å²) in [5, 5.41) is 6.27. The summed E-state index contributed by atoms with van der Waals surface area (Å²) in [5.41, 5.74) is 3.76. The molecule has 0 saturated heterocycles. The summed E-state index contributed by atoms with van der Waals surface area (Å²) in [6, 6.07) is 24.8. The first kappa shape index (κ1) is 15.2. The lowest BCUT2D eigenvalue weighted by Gasteiger charge is -2.00. The second-order valence-electron chi connectivity index (χ2n) is 6.61. The molecule has 0 aliphatic carbocycles. The van der Waals surface area contributed by atoms with E-state index in [0.717, 1.165) is 42.7 Å². The van der Waals surface area contributed by atoms with Crippen molar-refractivity contribution in [1.29, 1.82) is 0 Å². The number of fused-ring (bicyclic) bond motifs is 6. The summed E-state index contributed by atoms with van der Waals surface area (Å²) in [4.78, 5) is 4.99. The van der Waals surface area contributed by atoms with Gasteiger partial charge in [0.25, 0.3) is 0 Å².